The van der Waals surface area contributed by atoms with Gasteiger partial charge in [-0.05, 0) is 37.2 Å². The van der Waals surface area contributed by atoms with Crippen LogP contribution in [-0.2, 0) is 12.6 Å². The number of alkyl halides is 3. The minimum Gasteiger partial charge on any atom is -0.330 e. The summed E-state index contributed by atoms with van der Waals surface area (Å²) >= 11 is 6.09. The Morgan fingerprint density at radius 1 is 1.21 bits per heavy atom. The minimum absolute atomic E-state index is 0.366. The van der Waals surface area contributed by atoms with Crippen LogP contribution in [0.4, 0.5) is 13.2 Å². The fourth-order valence-corrected chi connectivity index (χ4v) is 1.95. The second-order valence-corrected chi connectivity index (χ2v) is 4.31. The molecule has 0 atom stereocenters. The summed E-state index contributed by atoms with van der Waals surface area (Å²) in [5, 5.41) is 4.41. The Kier molecular flexibility index (Phi) is 3.82. The van der Waals surface area contributed by atoms with Crippen molar-refractivity contribution in [2.24, 2.45) is 5.73 Å². The molecule has 0 saturated heterocycles. The third-order valence-corrected chi connectivity index (χ3v) is 3.04. The summed E-state index contributed by atoms with van der Waals surface area (Å²) in [6.45, 7) is 0.429. The molecule has 2 rings (SSSR count). The minimum atomic E-state index is -4.35. The highest BCUT2D eigenvalue weighted by Gasteiger charge is 2.30. The Labute approximate surface area is 112 Å². The molecule has 0 unspecified atom stereocenters. The molecule has 0 radical (unpaired) electrons. The summed E-state index contributed by atoms with van der Waals surface area (Å²) < 4.78 is 38.7. The number of nitrogens with zero attached hydrogens (tertiary/aromatic N) is 2. The van der Waals surface area contributed by atoms with Crippen LogP contribution in [0.1, 0.15) is 11.1 Å². The van der Waals surface area contributed by atoms with E-state index in [1.165, 1.54) is 16.8 Å². The van der Waals surface area contributed by atoms with Crippen LogP contribution in [0, 0.1) is 0 Å². The maximum absolute atomic E-state index is 12.4. The van der Waals surface area contributed by atoms with Gasteiger partial charge in [-0.25, -0.2) is 4.68 Å². The number of benzene rings is 1. The number of halogens is 4. The Morgan fingerprint density at radius 3 is 2.37 bits per heavy atom. The second kappa shape index (κ2) is 5.22. The zero-order valence-corrected chi connectivity index (χ0v) is 10.5. The van der Waals surface area contributed by atoms with E-state index in [0.717, 1.165) is 17.7 Å². The van der Waals surface area contributed by atoms with Gasteiger partial charge in [0, 0.05) is 5.56 Å². The van der Waals surface area contributed by atoms with Gasteiger partial charge in [0.1, 0.15) is 5.15 Å². The first-order valence-corrected chi connectivity index (χ1v) is 5.91. The summed E-state index contributed by atoms with van der Waals surface area (Å²) in [6.07, 6.45) is -2.22. The molecule has 0 aliphatic heterocycles. The predicted molar refractivity (Wildman–Crippen MR) is 66.3 cm³/mol. The van der Waals surface area contributed by atoms with Gasteiger partial charge in [-0.15, -0.1) is 0 Å². The molecule has 2 aromatic rings. The lowest BCUT2D eigenvalue weighted by Gasteiger charge is -2.08. The van der Waals surface area contributed by atoms with Gasteiger partial charge < -0.3 is 5.73 Å². The molecule has 2 N–H and O–H groups in total. The van der Waals surface area contributed by atoms with E-state index >= 15 is 0 Å². The fraction of sp³-hybridized carbons (Fsp3) is 0.250. The molecule has 102 valence electrons. The molecule has 0 amide bonds. The molecule has 0 fully saturated rings. The molecule has 0 aliphatic rings. The molecule has 0 aliphatic carbocycles. The second-order valence-electron chi connectivity index (χ2n) is 3.96. The number of aromatic nitrogens is 2. The fourth-order valence-electron chi connectivity index (χ4n) is 1.66. The summed E-state index contributed by atoms with van der Waals surface area (Å²) in [7, 11) is 0. The maximum atomic E-state index is 12.4. The largest absolute Gasteiger partial charge is 0.416 e. The highest BCUT2D eigenvalue weighted by molar-refractivity contribution is 6.30. The van der Waals surface area contributed by atoms with Crippen molar-refractivity contribution in [3.8, 4) is 5.69 Å². The Bertz CT molecular complexity index is 561. The van der Waals surface area contributed by atoms with E-state index in [4.69, 9.17) is 17.3 Å². The van der Waals surface area contributed by atoms with Crippen molar-refractivity contribution in [2.75, 3.05) is 6.54 Å². The summed E-state index contributed by atoms with van der Waals surface area (Å²) in [5.74, 6) is 0. The van der Waals surface area contributed by atoms with E-state index in [1.54, 1.807) is 6.20 Å². The topological polar surface area (TPSA) is 43.8 Å². The van der Waals surface area contributed by atoms with Crippen LogP contribution >= 0.6 is 11.6 Å². The summed E-state index contributed by atoms with van der Waals surface area (Å²) in [6, 6.07) is 4.65. The molecule has 1 aromatic heterocycles. The highest BCUT2D eigenvalue weighted by atomic mass is 35.5. The average Bonchev–Trinajstić information content (AvgIpc) is 2.71. The SMILES string of the molecule is NCCc1cnn(-c2ccc(C(F)(F)F)cc2)c1Cl. The first kappa shape index (κ1) is 13.9. The molecule has 7 heteroatoms. The number of nitrogens with two attached hydrogens (primary N) is 1. The van der Waals surface area contributed by atoms with Crippen LogP contribution in [0.15, 0.2) is 30.5 Å². The van der Waals surface area contributed by atoms with Gasteiger partial charge in [0.25, 0.3) is 0 Å². The molecule has 1 aromatic carbocycles. The quantitative estimate of drug-likeness (QED) is 0.944. The van der Waals surface area contributed by atoms with E-state index in [9.17, 15) is 13.2 Å². The number of rotatable bonds is 3. The zero-order valence-electron chi connectivity index (χ0n) is 9.78. The van der Waals surface area contributed by atoms with Crippen molar-refractivity contribution in [3.63, 3.8) is 0 Å². The Hall–Kier alpha value is -1.53. The van der Waals surface area contributed by atoms with E-state index in [1.807, 2.05) is 0 Å². The van der Waals surface area contributed by atoms with Gasteiger partial charge in [0.05, 0.1) is 17.4 Å². The van der Waals surface area contributed by atoms with Crippen LogP contribution < -0.4 is 5.73 Å². The molecular weight excluding hydrogens is 279 g/mol. The monoisotopic (exact) mass is 289 g/mol. The van der Waals surface area contributed by atoms with Gasteiger partial charge in [-0.3, -0.25) is 0 Å². The van der Waals surface area contributed by atoms with E-state index < -0.39 is 11.7 Å². The van der Waals surface area contributed by atoms with Gasteiger partial charge in [0.15, 0.2) is 0 Å². The zero-order chi connectivity index (χ0) is 14.0. The van der Waals surface area contributed by atoms with Crippen LogP contribution in [-0.4, -0.2) is 16.3 Å². The van der Waals surface area contributed by atoms with Crippen LogP contribution in [0.2, 0.25) is 5.15 Å². The van der Waals surface area contributed by atoms with Crippen molar-refractivity contribution in [1.29, 1.82) is 0 Å². The van der Waals surface area contributed by atoms with E-state index in [0.29, 0.717) is 23.8 Å². The van der Waals surface area contributed by atoms with Crippen molar-refractivity contribution in [1.82, 2.24) is 9.78 Å². The lowest BCUT2D eigenvalue weighted by atomic mass is 10.2. The van der Waals surface area contributed by atoms with Gasteiger partial charge in [-0.1, -0.05) is 11.6 Å². The van der Waals surface area contributed by atoms with Crippen LogP contribution in [0.5, 0.6) is 0 Å². The molecule has 0 bridgehead atoms. The van der Waals surface area contributed by atoms with Crippen LogP contribution in [0.3, 0.4) is 0 Å². The normalized spacial score (nSPS) is 11.8. The highest BCUT2D eigenvalue weighted by Crippen LogP contribution is 2.30. The maximum Gasteiger partial charge on any atom is 0.416 e. The summed E-state index contributed by atoms with van der Waals surface area (Å²) in [5.41, 5.74) is 5.96. The number of hydrogen-bond acceptors (Lipinski definition) is 2. The number of hydrogen-bond donors (Lipinski definition) is 1. The lowest BCUT2D eigenvalue weighted by molar-refractivity contribution is -0.137. The smallest absolute Gasteiger partial charge is 0.330 e. The first-order valence-electron chi connectivity index (χ1n) is 5.53. The van der Waals surface area contributed by atoms with Crippen molar-refractivity contribution in [3.05, 3.63) is 46.7 Å². The third-order valence-electron chi connectivity index (χ3n) is 2.63. The lowest BCUT2D eigenvalue weighted by Crippen LogP contribution is -2.05. The molecule has 1 heterocycles. The van der Waals surface area contributed by atoms with Crippen LogP contribution in [0.25, 0.3) is 5.69 Å². The third kappa shape index (κ3) is 2.90. The molecule has 0 saturated carbocycles. The van der Waals surface area contributed by atoms with Gasteiger partial charge >= 0.3 is 6.18 Å². The van der Waals surface area contributed by atoms with Crippen molar-refractivity contribution in [2.45, 2.75) is 12.6 Å². The molecule has 19 heavy (non-hydrogen) atoms. The van der Waals surface area contributed by atoms with Gasteiger partial charge in [0.2, 0.25) is 0 Å². The standard InChI is InChI=1S/C12H11ClF3N3/c13-11-8(5-6-17)7-18-19(11)10-3-1-9(2-4-10)12(14,15)16/h1-4,7H,5-6,17H2. The Morgan fingerprint density at radius 2 is 1.84 bits per heavy atom. The average molecular weight is 290 g/mol. The summed E-state index contributed by atoms with van der Waals surface area (Å²) in [4.78, 5) is 0. The Balaban J connectivity index is 2.32. The molecule has 0 spiro atoms. The van der Waals surface area contributed by atoms with Gasteiger partial charge in [-0.2, -0.15) is 18.3 Å². The van der Waals surface area contributed by atoms with E-state index in [-0.39, 0.29) is 0 Å². The first-order chi connectivity index (χ1) is 8.93. The predicted octanol–water partition coefficient (Wildman–Crippen LogP) is 3.05. The van der Waals surface area contributed by atoms with Crippen molar-refractivity contribution < 1.29 is 13.2 Å². The van der Waals surface area contributed by atoms with Crippen molar-refractivity contribution >= 4 is 11.6 Å². The molecule has 3 nitrogen and oxygen atoms in total. The van der Waals surface area contributed by atoms with E-state index in [2.05, 4.69) is 5.10 Å². The molecular formula is C12H11ClF3N3.